The van der Waals surface area contributed by atoms with Crippen molar-refractivity contribution in [3.05, 3.63) is 0 Å². The molecule has 1 N–H and O–H groups in total. The Kier molecular flexibility index (Phi) is 4.40. The van der Waals surface area contributed by atoms with Crippen molar-refractivity contribution in [3.8, 4) is 0 Å². The van der Waals surface area contributed by atoms with Crippen LogP contribution in [-0.2, 0) is 4.79 Å². The van der Waals surface area contributed by atoms with E-state index in [-0.39, 0.29) is 6.54 Å². The summed E-state index contributed by atoms with van der Waals surface area (Å²) in [5.41, 5.74) is 0. The smallest absolute Gasteiger partial charge is 0.317 e. The van der Waals surface area contributed by atoms with Crippen molar-refractivity contribution in [2.75, 3.05) is 33.2 Å². The molecular formula is C13H24N2O2. The molecule has 98 valence electrons. The first kappa shape index (κ1) is 12.8. The van der Waals surface area contributed by atoms with Gasteiger partial charge in [-0.25, -0.2) is 0 Å². The van der Waals surface area contributed by atoms with E-state index in [0.717, 1.165) is 25.4 Å². The van der Waals surface area contributed by atoms with Crippen LogP contribution in [-0.4, -0.2) is 60.1 Å². The number of aliphatic carboxylic acids is 1. The lowest BCUT2D eigenvalue weighted by atomic mass is 10.1. The summed E-state index contributed by atoms with van der Waals surface area (Å²) in [5.74, 6) is 0.181. The van der Waals surface area contributed by atoms with E-state index in [4.69, 9.17) is 5.11 Å². The van der Waals surface area contributed by atoms with Gasteiger partial charge in [-0.2, -0.15) is 0 Å². The van der Waals surface area contributed by atoms with E-state index < -0.39 is 5.97 Å². The number of likely N-dealkylation sites (tertiary alicyclic amines) is 1. The highest BCUT2D eigenvalue weighted by Gasteiger charge is 2.28. The fraction of sp³-hybridized carbons (Fsp3) is 0.923. The van der Waals surface area contributed by atoms with Crippen molar-refractivity contribution in [2.45, 2.75) is 38.1 Å². The van der Waals surface area contributed by atoms with Gasteiger partial charge in [0, 0.05) is 19.1 Å². The quantitative estimate of drug-likeness (QED) is 0.786. The van der Waals surface area contributed by atoms with Gasteiger partial charge in [0.05, 0.1) is 6.54 Å². The minimum Gasteiger partial charge on any atom is -0.480 e. The first-order chi connectivity index (χ1) is 8.15. The SMILES string of the molecule is CN(CC(=O)O)C1CCN(CC2CCCC2)C1. The van der Waals surface area contributed by atoms with Crippen LogP contribution in [0.1, 0.15) is 32.1 Å². The van der Waals surface area contributed by atoms with Gasteiger partial charge in [0.15, 0.2) is 0 Å². The minimum absolute atomic E-state index is 0.169. The maximum Gasteiger partial charge on any atom is 0.317 e. The van der Waals surface area contributed by atoms with E-state index in [0.29, 0.717) is 6.04 Å². The predicted octanol–water partition coefficient (Wildman–Crippen LogP) is 1.27. The largest absolute Gasteiger partial charge is 0.480 e. The number of hydrogen-bond acceptors (Lipinski definition) is 3. The maximum absolute atomic E-state index is 10.7. The molecule has 0 amide bonds. The minimum atomic E-state index is -0.721. The summed E-state index contributed by atoms with van der Waals surface area (Å²) in [6.45, 7) is 3.60. The van der Waals surface area contributed by atoms with Gasteiger partial charge >= 0.3 is 5.97 Å². The molecule has 0 radical (unpaired) electrons. The first-order valence-electron chi connectivity index (χ1n) is 6.79. The highest BCUT2D eigenvalue weighted by atomic mass is 16.4. The Balaban J connectivity index is 1.72. The van der Waals surface area contributed by atoms with Crippen molar-refractivity contribution in [1.29, 1.82) is 0 Å². The molecule has 1 heterocycles. The molecule has 4 nitrogen and oxygen atoms in total. The molecular weight excluding hydrogens is 216 g/mol. The number of rotatable bonds is 5. The fourth-order valence-corrected chi connectivity index (χ4v) is 3.24. The van der Waals surface area contributed by atoms with Crippen LogP contribution in [0.5, 0.6) is 0 Å². The van der Waals surface area contributed by atoms with E-state index in [9.17, 15) is 4.79 Å². The first-order valence-corrected chi connectivity index (χ1v) is 6.79. The molecule has 1 atom stereocenters. The van der Waals surface area contributed by atoms with Crippen molar-refractivity contribution in [1.82, 2.24) is 9.80 Å². The molecule has 2 rings (SSSR count). The second-order valence-electron chi connectivity index (χ2n) is 5.66. The van der Waals surface area contributed by atoms with Crippen molar-refractivity contribution >= 4 is 5.97 Å². The molecule has 0 spiro atoms. The van der Waals surface area contributed by atoms with Gasteiger partial charge in [-0.3, -0.25) is 9.69 Å². The Morgan fingerprint density at radius 2 is 2.06 bits per heavy atom. The second-order valence-corrected chi connectivity index (χ2v) is 5.66. The van der Waals surface area contributed by atoms with E-state index >= 15 is 0 Å². The molecule has 17 heavy (non-hydrogen) atoms. The predicted molar refractivity (Wildman–Crippen MR) is 67.1 cm³/mol. The second kappa shape index (κ2) is 5.83. The number of likely N-dealkylation sites (N-methyl/N-ethyl adjacent to an activating group) is 1. The van der Waals surface area contributed by atoms with Crippen molar-refractivity contribution < 1.29 is 9.90 Å². The Hall–Kier alpha value is -0.610. The number of carbonyl (C=O) groups is 1. The molecule has 1 saturated carbocycles. The van der Waals surface area contributed by atoms with Gasteiger partial charge in [-0.1, -0.05) is 12.8 Å². The number of carboxylic acid groups (broad SMARTS) is 1. The molecule has 0 bridgehead atoms. The molecule has 1 aliphatic heterocycles. The fourth-order valence-electron chi connectivity index (χ4n) is 3.24. The van der Waals surface area contributed by atoms with Crippen LogP contribution in [0.15, 0.2) is 0 Å². The summed E-state index contributed by atoms with van der Waals surface area (Å²) in [4.78, 5) is 15.2. The molecule has 1 aliphatic carbocycles. The summed E-state index contributed by atoms with van der Waals surface area (Å²) in [6.07, 6.45) is 6.72. The molecule has 1 unspecified atom stereocenters. The summed E-state index contributed by atoms with van der Waals surface area (Å²) in [5, 5.41) is 8.78. The molecule has 4 heteroatoms. The monoisotopic (exact) mass is 240 g/mol. The lowest BCUT2D eigenvalue weighted by molar-refractivity contribution is -0.138. The van der Waals surface area contributed by atoms with Gasteiger partial charge in [0.1, 0.15) is 0 Å². The van der Waals surface area contributed by atoms with Crippen LogP contribution in [0.3, 0.4) is 0 Å². The highest BCUT2D eigenvalue weighted by molar-refractivity contribution is 5.69. The Labute approximate surface area is 104 Å². The molecule has 0 aromatic carbocycles. The molecule has 2 fully saturated rings. The van der Waals surface area contributed by atoms with Crippen LogP contribution >= 0.6 is 0 Å². The summed E-state index contributed by atoms with van der Waals surface area (Å²) in [7, 11) is 1.93. The molecule has 2 aliphatic rings. The van der Waals surface area contributed by atoms with Crippen LogP contribution in [0.2, 0.25) is 0 Å². The third-order valence-corrected chi connectivity index (χ3v) is 4.25. The van der Waals surface area contributed by atoms with Crippen LogP contribution in [0.25, 0.3) is 0 Å². The van der Waals surface area contributed by atoms with Crippen LogP contribution < -0.4 is 0 Å². The van der Waals surface area contributed by atoms with Gasteiger partial charge < -0.3 is 10.0 Å². The normalized spacial score (nSPS) is 27.1. The third kappa shape index (κ3) is 3.68. The van der Waals surface area contributed by atoms with Gasteiger partial charge in [-0.05, 0) is 38.8 Å². The molecule has 1 saturated heterocycles. The van der Waals surface area contributed by atoms with Crippen molar-refractivity contribution in [3.63, 3.8) is 0 Å². The van der Waals surface area contributed by atoms with Gasteiger partial charge in [0.25, 0.3) is 0 Å². The van der Waals surface area contributed by atoms with Gasteiger partial charge in [-0.15, -0.1) is 0 Å². The molecule has 0 aromatic heterocycles. The highest BCUT2D eigenvalue weighted by Crippen LogP contribution is 2.27. The number of hydrogen-bond donors (Lipinski definition) is 1. The zero-order valence-electron chi connectivity index (χ0n) is 10.8. The Bertz CT molecular complexity index is 264. The summed E-state index contributed by atoms with van der Waals surface area (Å²) < 4.78 is 0. The molecule has 0 aromatic rings. The number of carboxylic acids is 1. The van der Waals surface area contributed by atoms with Crippen LogP contribution in [0.4, 0.5) is 0 Å². The lowest BCUT2D eigenvalue weighted by Gasteiger charge is -2.24. The topological polar surface area (TPSA) is 43.8 Å². The summed E-state index contributed by atoms with van der Waals surface area (Å²) >= 11 is 0. The maximum atomic E-state index is 10.7. The standard InChI is InChI=1S/C13H24N2O2/c1-14(10-13(16)17)12-6-7-15(9-12)8-11-4-2-3-5-11/h11-12H,2-10H2,1H3,(H,16,17). The average Bonchev–Trinajstić information content (AvgIpc) is 2.88. The summed E-state index contributed by atoms with van der Waals surface area (Å²) in [6, 6.07) is 0.438. The Morgan fingerprint density at radius 1 is 1.35 bits per heavy atom. The number of nitrogens with zero attached hydrogens (tertiary/aromatic N) is 2. The lowest BCUT2D eigenvalue weighted by Crippen LogP contribution is -2.38. The van der Waals surface area contributed by atoms with E-state index in [2.05, 4.69) is 4.90 Å². The Morgan fingerprint density at radius 3 is 2.71 bits per heavy atom. The van der Waals surface area contributed by atoms with Crippen molar-refractivity contribution in [2.24, 2.45) is 5.92 Å². The zero-order chi connectivity index (χ0) is 12.3. The van der Waals surface area contributed by atoms with E-state index in [1.807, 2.05) is 11.9 Å². The zero-order valence-corrected chi connectivity index (χ0v) is 10.8. The van der Waals surface area contributed by atoms with Crippen LogP contribution in [0, 0.1) is 5.92 Å². The van der Waals surface area contributed by atoms with E-state index in [1.54, 1.807) is 0 Å². The average molecular weight is 240 g/mol. The van der Waals surface area contributed by atoms with Gasteiger partial charge in [0.2, 0.25) is 0 Å². The van der Waals surface area contributed by atoms with E-state index in [1.165, 1.54) is 32.2 Å². The third-order valence-electron chi connectivity index (χ3n) is 4.25.